The van der Waals surface area contributed by atoms with Crippen LogP contribution in [0, 0.1) is 6.92 Å². The summed E-state index contributed by atoms with van der Waals surface area (Å²) in [7, 11) is 1.90. The summed E-state index contributed by atoms with van der Waals surface area (Å²) in [5, 5.41) is 3.10. The van der Waals surface area contributed by atoms with E-state index >= 15 is 0 Å². The minimum absolute atomic E-state index is 0.122. The molecule has 1 aromatic rings. The Morgan fingerprint density at radius 2 is 2.15 bits per heavy atom. The van der Waals surface area contributed by atoms with Gasteiger partial charge in [-0.1, -0.05) is 29.8 Å². The maximum Gasteiger partial charge on any atom is 0.223 e. The molecule has 1 saturated heterocycles. The third-order valence-corrected chi connectivity index (χ3v) is 3.67. The van der Waals surface area contributed by atoms with Gasteiger partial charge in [0.05, 0.1) is 12.7 Å². The average Bonchev–Trinajstić information content (AvgIpc) is 2.47. The number of nitrogens with zero attached hydrogens (tertiary/aromatic N) is 1. The van der Waals surface area contributed by atoms with E-state index in [4.69, 9.17) is 4.74 Å². The van der Waals surface area contributed by atoms with Crippen LogP contribution in [0.1, 0.15) is 17.5 Å². The normalized spacial score (nSPS) is 19.1. The number of nitrogens with one attached hydrogen (secondary N) is 1. The molecule has 1 aromatic carbocycles. The third-order valence-electron chi connectivity index (χ3n) is 3.67. The van der Waals surface area contributed by atoms with E-state index < -0.39 is 0 Å². The molecule has 0 saturated carbocycles. The fraction of sp³-hybridized carbons (Fsp3) is 0.562. The predicted molar refractivity (Wildman–Crippen MR) is 79.7 cm³/mol. The second-order valence-electron chi connectivity index (χ2n) is 5.38. The SMILES string of the molecule is CNCC1CN(C(=O)CCc2ccc(C)cc2)CCO1. The molecule has 0 bridgehead atoms. The molecule has 0 radical (unpaired) electrons. The lowest BCUT2D eigenvalue weighted by Gasteiger charge is -2.33. The lowest BCUT2D eigenvalue weighted by atomic mass is 10.1. The van der Waals surface area contributed by atoms with Gasteiger partial charge in [-0.25, -0.2) is 0 Å². The number of benzene rings is 1. The molecular formula is C16H24N2O2. The van der Waals surface area contributed by atoms with E-state index in [1.165, 1.54) is 11.1 Å². The average molecular weight is 276 g/mol. The predicted octanol–water partition coefficient (Wildman–Crippen LogP) is 1.37. The minimum atomic E-state index is 0.122. The van der Waals surface area contributed by atoms with Crippen molar-refractivity contribution in [3.8, 4) is 0 Å². The molecule has 1 amide bonds. The van der Waals surface area contributed by atoms with Gasteiger partial charge >= 0.3 is 0 Å². The maximum atomic E-state index is 12.2. The van der Waals surface area contributed by atoms with Crippen molar-refractivity contribution in [2.45, 2.75) is 25.9 Å². The van der Waals surface area contributed by atoms with Gasteiger partial charge in [0.1, 0.15) is 0 Å². The summed E-state index contributed by atoms with van der Waals surface area (Å²) in [6.45, 7) is 4.93. The van der Waals surface area contributed by atoms with E-state index in [1.807, 2.05) is 11.9 Å². The molecule has 0 aliphatic carbocycles. The minimum Gasteiger partial charge on any atom is -0.373 e. The largest absolute Gasteiger partial charge is 0.373 e. The standard InChI is InChI=1S/C16H24N2O2/c1-13-3-5-14(6-4-13)7-8-16(19)18-9-10-20-15(12-18)11-17-2/h3-6,15,17H,7-12H2,1-2H3. The monoisotopic (exact) mass is 276 g/mol. The molecule has 1 N–H and O–H groups in total. The maximum absolute atomic E-state index is 12.2. The highest BCUT2D eigenvalue weighted by molar-refractivity contribution is 5.76. The van der Waals surface area contributed by atoms with Crippen LogP contribution in [0.4, 0.5) is 0 Å². The number of hydrogen-bond donors (Lipinski definition) is 1. The molecule has 1 fully saturated rings. The molecule has 1 atom stereocenters. The first-order valence-corrected chi connectivity index (χ1v) is 7.28. The smallest absolute Gasteiger partial charge is 0.223 e. The van der Waals surface area contributed by atoms with Gasteiger partial charge in [0.2, 0.25) is 5.91 Å². The summed E-state index contributed by atoms with van der Waals surface area (Å²) >= 11 is 0. The van der Waals surface area contributed by atoms with Gasteiger partial charge in [0, 0.05) is 26.1 Å². The zero-order valence-corrected chi connectivity index (χ0v) is 12.4. The van der Waals surface area contributed by atoms with Gasteiger partial charge in [0.25, 0.3) is 0 Å². The van der Waals surface area contributed by atoms with Gasteiger partial charge in [0.15, 0.2) is 0 Å². The molecule has 0 spiro atoms. The number of aryl methyl sites for hydroxylation is 2. The molecule has 4 heteroatoms. The molecule has 1 heterocycles. The van der Waals surface area contributed by atoms with Crippen molar-refractivity contribution in [1.29, 1.82) is 0 Å². The van der Waals surface area contributed by atoms with Crippen molar-refractivity contribution in [3.63, 3.8) is 0 Å². The topological polar surface area (TPSA) is 41.6 Å². The van der Waals surface area contributed by atoms with Gasteiger partial charge in [-0.15, -0.1) is 0 Å². The highest BCUT2D eigenvalue weighted by atomic mass is 16.5. The van der Waals surface area contributed by atoms with Crippen LogP contribution in [-0.2, 0) is 16.0 Å². The molecular weight excluding hydrogens is 252 g/mol. The Hall–Kier alpha value is -1.39. The van der Waals surface area contributed by atoms with Crippen molar-refractivity contribution < 1.29 is 9.53 Å². The van der Waals surface area contributed by atoms with Crippen LogP contribution >= 0.6 is 0 Å². The van der Waals surface area contributed by atoms with Crippen molar-refractivity contribution in [2.75, 3.05) is 33.3 Å². The number of hydrogen-bond acceptors (Lipinski definition) is 3. The summed E-state index contributed by atoms with van der Waals surface area (Å²) in [5.41, 5.74) is 2.48. The van der Waals surface area contributed by atoms with Crippen LogP contribution in [0.15, 0.2) is 24.3 Å². The van der Waals surface area contributed by atoms with Crippen molar-refractivity contribution in [3.05, 3.63) is 35.4 Å². The number of amides is 1. The van der Waals surface area contributed by atoms with Crippen LogP contribution in [0.2, 0.25) is 0 Å². The number of rotatable bonds is 5. The fourth-order valence-electron chi connectivity index (χ4n) is 2.46. The van der Waals surface area contributed by atoms with Crippen molar-refractivity contribution in [1.82, 2.24) is 10.2 Å². The Labute approximate surface area is 121 Å². The Balaban J connectivity index is 1.80. The first-order valence-electron chi connectivity index (χ1n) is 7.28. The Morgan fingerprint density at radius 3 is 2.85 bits per heavy atom. The van der Waals surface area contributed by atoms with Crippen LogP contribution in [0.3, 0.4) is 0 Å². The van der Waals surface area contributed by atoms with Gasteiger partial charge in [-0.05, 0) is 26.0 Å². The van der Waals surface area contributed by atoms with Crippen molar-refractivity contribution >= 4 is 5.91 Å². The van der Waals surface area contributed by atoms with E-state index in [9.17, 15) is 4.79 Å². The lowest BCUT2D eigenvalue weighted by Crippen LogP contribution is -2.48. The third kappa shape index (κ3) is 4.32. The van der Waals surface area contributed by atoms with E-state index in [-0.39, 0.29) is 12.0 Å². The molecule has 1 unspecified atom stereocenters. The number of morpholine rings is 1. The molecule has 2 rings (SSSR count). The lowest BCUT2D eigenvalue weighted by molar-refractivity contribution is -0.138. The Bertz CT molecular complexity index is 429. The van der Waals surface area contributed by atoms with E-state index in [1.54, 1.807) is 0 Å². The van der Waals surface area contributed by atoms with Crippen LogP contribution in [0.25, 0.3) is 0 Å². The molecule has 0 aromatic heterocycles. The summed E-state index contributed by atoms with van der Waals surface area (Å²) in [4.78, 5) is 14.2. The summed E-state index contributed by atoms with van der Waals surface area (Å²) in [6.07, 6.45) is 1.51. The second-order valence-corrected chi connectivity index (χ2v) is 5.38. The molecule has 20 heavy (non-hydrogen) atoms. The van der Waals surface area contributed by atoms with E-state index in [0.29, 0.717) is 26.1 Å². The first kappa shape index (κ1) is 15.0. The molecule has 4 nitrogen and oxygen atoms in total. The number of carbonyl (C=O) groups is 1. The number of likely N-dealkylation sites (N-methyl/N-ethyl adjacent to an activating group) is 1. The molecule has 110 valence electrons. The van der Waals surface area contributed by atoms with Crippen LogP contribution in [0.5, 0.6) is 0 Å². The van der Waals surface area contributed by atoms with E-state index in [0.717, 1.165) is 13.0 Å². The Kier molecular flexibility index (Phi) is 5.56. The Morgan fingerprint density at radius 1 is 1.40 bits per heavy atom. The van der Waals surface area contributed by atoms with Crippen molar-refractivity contribution in [2.24, 2.45) is 0 Å². The summed E-state index contributed by atoms with van der Waals surface area (Å²) < 4.78 is 5.62. The van der Waals surface area contributed by atoms with Crippen LogP contribution in [-0.4, -0.2) is 50.2 Å². The molecule has 1 aliphatic heterocycles. The van der Waals surface area contributed by atoms with Gasteiger partial charge in [-0.3, -0.25) is 4.79 Å². The zero-order valence-electron chi connectivity index (χ0n) is 12.4. The number of ether oxygens (including phenoxy) is 1. The fourth-order valence-corrected chi connectivity index (χ4v) is 2.46. The highest BCUT2D eigenvalue weighted by Gasteiger charge is 2.23. The highest BCUT2D eigenvalue weighted by Crippen LogP contribution is 2.10. The van der Waals surface area contributed by atoms with E-state index in [2.05, 4.69) is 36.5 Å². The summed E-state index contributed by atoms with van der Waals surface area (Å²) in [5.74, 6) is 0.231. The first-order chi connectivity index (χ1) is 9.69. The van der Waals surface area contributed by atoms with Gasteiger partial charge < -0.3 is 15.0 Å². The zero-order chi connectivity index (χ0) is 14.4. The molecule has 1 aliphatic rings. The van der Waals surface area contributed by atoms with Crippen LogP contribution < -0.4 is 5.32 Å². The summed E-state index contributed by atoms with van der Waals surface area (Å²) in [6, 6.07) is 8.40. The quantitative estimate of drug-likeness (QED) is 0.883. The second kappa shape index (κ2) is 7.41. The van der Waals surface area contributed by atoms with Gasteiger partial charge in [-0.2, -0.15) is 0 Å². The number of carbonyl (C=O) groups excluding carboxylic acids is 1.